The summed E-state index contributed by atoms with van der Waals surface area (Å²) in [4.78, 5) is 0. The van der Waals surface area contributed by atoms with Crippen molar-refractivity contribution in [3.05, 3.63) is 23.8 Å². The Bertz CT molecular complexity index is 410. The van der Waals surface area contributed by atoms with Crippen LogP contribution in [0.5, 0.6) is 11.5 Å². The minimum Gasteiger partial charge on any atom is -0.493 e. The summed E-state index contributed by atoms with van der Waals surface area (Å²) in [6, 6.07) is 7.54. The standard InChI is InChI=1S/C13H18N2O2/c1-4-11(8-14)17-12-6-5-10(9(2)15)7-13(12)16-3/h5-7,9,11H,4,15H2,1-3H3/t9-,11?/m1/s1. The highest BCUT2D eigenvalue weighted by atomic mass is 16.5. The van der Waals surface area contributed by atoms with Gasteiger partial charge in [-0.3, -0.25) is 0 Å². The molecule has 0 saturated carbocycles. The van der Waals surface area contributed by atoms with E-state index in [-0.39, 0.29) is 6.04 Å². The van der Waals surface area contributed by atoms with E-state index < -0.39 is 6.10 Å². The lowest BCUT2D eigenvalue weighted by Gasteiger charge is -2.15. The van der Waals surface area contributed by atoms with Crippen LogP contribution >= 0.6 is 0 Å². The molecule has 0 saturated heterocycles. The second-order valence-electron chi connectivity index (χ2n) is 3.84. The number of methoxy groups -OCH3 is 1. The van der Waals surface area contributed by atoms with E-state index in [2.05, 4.69) is 6.07 Å². The van der Waals surface area contributed by atoms with Crippen LogP contribution in [0, 0.1) is 11.3 Å². The van der Waals surface area contributed by atoms with Crippen LogP contribution in [-0.4, -0.2) is 13.2 Å². The Morgan fingerprint density at radius 2 is 2.12 bits per heavy atom. The summed E-state index contributed by atoms with van der Waals surface area (Å²) >= 11 is 0. The van der Waals surface area contributed by atoms with Gasteiger partial charge < -0.3 is 15.2 Å². The topological polar surface area (TPSA) is 68.3 Å². The van der Waals surface area contributed by atoms with Gasteiger partial charge in [-0.15, -0.1) is 0 Å². The van der Waals surface area contributed by atoms with Crippen LogP contribution in [0.3, 0.4) is 0 Å². The second kappa shape index (κ2) is 6.12. The number of hydrogen-bond donors (Lipinski definition) is 1. The van der Waals surface area contributed by atoms with Gasteiger partial charge in [-0.1, -0.05) is 13.0 Å². The Kier molecular flexibility index (Phi) is 4.80. The third-order valence-electron chi connectivity index (χ3n) is 2.50. The Morgan fingerprint density at radius 1 is 1.41 bits per heavy atom. The van der Waals surface area contributed by atoms with Gasteiger partial charge in [0.15, 0.2) is 17.6 Å². The first-order valence-electron chi connectivity index (χ1n) is 5.62. The number of nitriles is 1. The highest BCUT2D eigenvalue weighted by Gasteiger charge is 2.12. The first-order valence-corrected chi connectivity index (χ1v) is 5.62. The molecular weight excluding hydrogens is 216 g/mol. The van der Waals surface area contributed by atoms with Crippen molar-refractivity contribution >= 4 is 0 Å². The van der Waals surface area contributed by atoms with Crippen LogP contribution < -0.4 is 15.2 Å². The van der Waals surface area contributed by atoms with Gasteiger partial charge in [0.25, 0.3) is 0 Å². The van der Waals surface area contributed by atoms with Crippen molar-refractivity contribution in [2.24, 2.45) is 5.73 Å². The van der Waals surface area contributed by atoms with Gasteiger partial charge >= 0.3 is 0 Å². The quantitative estimate of drug-likeness (QED) is 0.849. The largest absolute Gasteiger partial charge is 0.493 e. The van der Waals surface area contributed by atoms with Gasteiger partial charge in [-0.25, -0.2) is 0 Å². The van der Waals surface area contributed by atoms with Crippen molar-refractivity contribution in [1.82, 2.24) is 0 Å². The SMILES string of the molecule is CCC(C#N)Oc1ccc([C@@H](C)N)cc1OC. The number of hydrogen-bond acceptors (Lipinski definition) is 4. The summed E-state index contributed by atoms with van der Waals surface area (Å²) in [5.41, 5.74) is 6.76. The number of rotatable bonds is 5. The monoisotopic (exact) mass is 234 g/mol. The summed E-state index contributed by atoms with van der Waals surface area (Å²) in [5.74, 6) is 1.18. The van der Waals surface area contributed by atoms with E-state index in [1.807, 2.05) is 26.0 Å². The van der Waals surface area contributed by atoms with Crippen molar-refractivity contribution in [3.63, 3.8) is 0 Å². The van der Waals surface area contributed by atoms with E-state index in [1.54, 1.807) is 13.2 Å². The second-order valence-corrected chi connectivity index (χ2v) is 3.84. The third kappa shape index (κ3) is 3.36. The van der Waals surface area contributed by atoms with E-state index in [0.29, 0.717) is 17.9 Å². The Labute approximate surface area is 102 Å². The summed E-state index contributed by atoms with van der Waals surface area (Å²) < 4.78 is 10.8. The van der Waals surface area contributed by atoms with E-state index >= 15 is 0 Å². The van der Waals surface area contributed by atoms with Gasteiger partial charge in [-0.05, 0) is 31.0 Å². The molecule has 0 aliphatic heterocycles. The van der Waals surface area contributed by atoms with Gasteiger partial charge in [0.1, 0.15) is 6.07 Å². The van der Waals surface area contributed by atoms with Crippen LogP contribution in [0.15, 0.2) is 18.2 Å². The molecule has 0 aromatic heterocycles. The van der Waals surface area contributed by atoms with Gasteiger partial charge in [0.05, 0.1) is 7.11 Å². The van der Waals surface area contributed by atoms with Crippen LogP contribution in [0.1, 0.15) is 31.9 Å². The highest BCUT2D eigenvalue weighted by Crippen LogP contribution is 2.30. The molecule has 0 amide bonds. The number of ether oxygens (including phenoxy) is 2. The van der Waals surface area contributed by atoms with Crippen molar-refractivity contribution < 1.29 is 9.47 Å². The molecule has 1 unspecified atom stereocenters. The molecule has 0 fully saturated rings. The average molecular weight is 234 g/mol. The molecule has 1 aromatic carbocycles. The van der Waals surface area contributed by atoms with Crippen molar-refractivity contribution in [3.8, 4) is 17.6 Å². The smallest absolute Gasteiger partial charge is 0.184 e. The van der Waals surface area contributed by atoms with Crippen LogP contribution in [0.25, 0.3) is 0 Å². The van der Waals surface area contributed by atoms with Crippen LogP contribution in [-0.2, 0) is 0 Å². The maximum Gasteiger partial charge on any atom is 0.184 e. The van der Waals surface area contributed by atoms with E-state index in [9.17, 15) is 0 Å². The molecular formula is C13H18N2O2. The molecule has 0 bridgehead atoms. The van der Waals surface area contributed by atoms with Gasteiger partial charge in [-0.2, -0.15) is 5.26 Å². The summed E-state index contributed by atoms with van der Waals surface area (Å²) in [5, 5.41) is 8.86. The zero-order valence-electron chi connectivity index (χ0n) is 10.4. The van der Waals surface area contributed by atoms with Crippen LogP contribution in [0.4, 0.5) is 0 Å². The zero-order valence-corrected chi connectivity index (χ0v) is 10.4. The molecule has 17 heavy (non-hydrogen) atoms. The first kappa shape index (κ1) is 13.3. The third-order valence-corrected chi connectivity index (χ3v) is 2.50. The fourth-order valence-corrected chi connectivity index (χ4v) is 1.42. The fourth-order valence-electron chi connectivity index (χ4n) is 1.42. The molecule has 4 heteroatoms. The van der Waals surface area contributed by atoms with Crippen molar-refractivity contribution in [2.75, 3.05) is 7.11 Å². The first-order chi connectivity index (χ1) is 8.12. The Hall–Kier alpha value is -1.73. The Balaban J connectivity index is 2.97. The van der Waals surface area contributed by atoms with Gasteiger partial charge in [0, 0.05) is 6.04 Å². The molecule has 0 spiro atoms. The average Bonchev–Trinajstić information content (AvgIpc) is 2.35. The number of nitrogens with zero attached hydrogens (tertiary/aromatic N) is 1. The minimum atomic E-state index is -0.454. The molecule has 0 radical (unpaired) electrons. The Morgan fingerprint density at radius 3 is 2.59 bits per heavy atom. The molecule has 92 valence electrons. The maximum absolute atomic E-state index is 8.86. The molecule has 0 heterocycles. The molecule has 2 N–H and O–H groups in total. The molecule has 1 aromatic rings. The highest BCUT2D eigenvalue weighted by molar-refractivity contribution is 5.44. The summed E-state index contributed by atoms with van der Waals surface area (Å²) in [6.45, 7) is 3.80. The predicted octanol–water partition coefficient (Wildman–Crippen LogP) is 2.40. The normalized spacial score (nSPS) is 13.6. The fraction of sp³-hybridized carbons (Fsp3) is 0.462. The molecule has 4 nitrogen and oxygen atoms in total. The maximum atomic E-state index is 8.86. The lowest BCUT2D eigenvalue weighted by atomic mass is 10.1. The van der Waals surface area contributed by atoms with Crippen molar-refractivity contribution in [1.29, 1.82) is 5.26 Å². The lowest BCUT2D eigenvalue weighted by molar-refractivity contribution is 0.238. The number of nitrogens with two attached hydrogens (primary N) is 1. The summed E-state index contributed by atoms with van der Waals surface area (Å²) in [6.07, 6.45) is 0.180. The molecule has 1 rings (SSSR count). The molecule has 2 atom stereocenters. The van der Waals surface area contributed by atoms with E-state index in [0.717, 1.165) is 5.56 Å². The predicted molar refractivity (Wildman–Crippen MR) is 65.9 cm³/mol. The summed E-state index contributed by atoms with van der Waals surface area (Å²) in [7, 11) is 1.57. The molecule has 0 aliphatic rings. The lowest BCUT2D eigenvalue weighted by Crippen LogP contribution is -2.13. The minimum absolute atomic E-state index is 0.0594. The van der Waals surface area contributed by atoms with E-state index in [1.165, 1.54) is 0 Å². The van der Waals surface area contributed by atoms with E-state index in [4.69, 9.17) is 20.5 Å². The van der Waals surface area contributed by atoms with Crippen molar-refractivity contribution in [2.45, 2.75) is 32.4 Å². The zero-order chi connectivity index (χ0) is 12.8. The van der Waals surface area contributed by atoms with Gasteiger partial charge in [0.2, 0.25) is 0 Å². The van der Waals surface area contributed by atoms with Crippen LogP contribution in [0.2, 0.25) is 0 Å². The molecule has 0 aliphatic carbocycles. The number of benzene rings is 1.